The molecule has 1 atom stereocenters. The highest BCUT2D eigenvalue weighted by Gasteiger charge is 2.29. The Morgan fingerprint density at radius 3 is 2.42 bits per heavy atom. The summed E-state index contributed by atoms with van der Waals surface area (Å²) in [6.07, 6.45) is 3.35. The van der Waals surface area contributed by atoms with Crippen LogP contribution in [0.15, 0.2) is 59.5 Å². The molecule has 2 aromatic carbocycles. The van der Waals surface area contributed by atoms with E-state index in [0.29, 0.717) is 23.4 Å². The molecule has 4 nitrogen and oxygen atoms in total. The van der Waals surface area contributed by atoms with Crippen LogP contribution in [0, 0.1) is 6.92 Å². The summed E-state index contributed by atoms with van der Waals surface area (Å²) in [7, 11) is -3.32. The standard InChI is InChI=1S/C21H25NO3S/c1-17-10-12-18(13-11-17)21(23)22-15-6-5-7-19(22)14-16-26(24,25)20-8-3-2-4-9-20/h2-4,8-13,19H,5-7,14-16H2,1H3/t19-/m1/s1. The highest BCUT2D eigenvalue weighted by atomic mass is 32.2. The Hall–Kier alpha value is -2.14. The molecule has 1 saturated heterocycles. The van der Waals surface area contributed by atoms with Crippen LogP contribution in [-0.2, 0) is 9.84 Å². The molecule has 0 bridgehead atoms. The third-order valence-electron chi connectivity index (χ3n) is 5.01. The van der Waals surface area contributed by atoms with Gasteiger partial charge >= 0.3 is 0 Å². The van der Waals surface area contributed by atoms with Crippen LogP contribution in [0.25, 0.3) is 0 Å². The number of benzene rings is 2. The quantitative estimate of drug-likeness (QED) is 0.802. The molecule has 0 unspecified atom stereocenters. The van der Waals surface area contributed by atoms with E-state index in [-0.39, 0.29) is 17.7 Å². The maximum Gasteiger partial charge on any atom is 0.254 e. The Morgan fingerprint density at radius 2 is 1.73 bits per heavy atom. The van der Waals surface area contributed by atoms with Crippen molar-refractivity contribution in [1.82, 2.24) is 4.90 Å². The summed E-state index contributed by atoms with van der Waals surface area (Å²) in [5.41, 5.74) is 1.79. The smallest absolute Gasteiger partial charge is 0.254 e. The summed E-state index contributed by atoms with van der Waals surface area (Å²) in [6, 6.07) is 16.1. The fourth-order valence-corrected chi connectivity index (χ4v) is 4.86. The first-order valence-corrected chi connectivity index (χ1v) is 10.8. The van der Waals surface area contributed by atoms with Gasteiger partial charge in [-0.1, -0.05) is 35.9 Å². The molecule has 26 heavy (non-hydrogen) atoms. The number of carbonyl (C=O) groups excluding carboxylic acids is 1. The molecule has 1 aliphatic rings. The van der Waals surface area contributed by atoms with E-state index in [1.54, 1.807) is 24.3 Å². The molecule has 0 N–H and O–H groups in total. The lowest BCUT2D eigenvalue weighted by atomic mass is 9.98. The SMILES string of the molecule is Cc1ccc(C(=O)N2CCCC[C@@H]2CCS(=O)(=O)c2ccccc2)cc1. The number of aryl methyl sites for hydroxylation is 1. The van der Waals surface area contributed by atoms with Crippen molar-refractivity contribution in [2.45, 2.75) is 43.5 Å². The minimum absolute atomic E-state index is 0.00630. The Labute approximate surface area is 155 Å². The highest BCUT2D eigenvalue weighted by molar-refractivity contribution is 7.91. The van der Waals surface area contributed by atoms with Gasteiger partial charge in [0.1, 0.15) is 0 Å². The number of amides is 1. The Bertz CT molecular complexity index is 845. The van der Waals surface area contributed by atoms with E-state index in [2.05, 4.69) is 0 Å². The summed E-state index contributed by atoms with van der Waals surface area (Å²) in [6.45, 7) is 2.69. The minimum Gasteiger partial charge on any atom is -0.336 e. The molecule has 1 aliphatic heterocycles. The topological polar surface area (TPSA) is 54.5 Å². The molecular weight excluding hydrogens is 346 g/mol. The molecule has 138 valence electrons. The number of hydrogen-bond acceptors (Lipinski definition) is 3. The molecule has 0 radical (unpaired) electrons. The van der Waals surface area contributed by atoms with E-state index >= 15 is 0 Å². The van der Waals surface area contributed by atoms with Crippen molar-refractivity contribution in [3.63, 3.8) is 0 Å². The highest BCUT2D eigenvalue weighted by Crippen LogP contribution is 2.24. The van der Waals surface area contributed by atoms with Gasteiger partial charge in [0.15, 0.2) is 9.84 Å². The van der Waals surface area contributed by atoms with Crippen molar-refractivity contribution in [2.24, 2.45) is 0 Å². The molecule has 0 aromatic heterocycles. The van der Waals surface area contributed by atoms with E-state index in [4.69, 9.17) is 0 Å². The van der Waals surface area contributed by atoms with Crippen LogP contribution in [-0.4, -0.2) is 37.6 Å². The summed E-state index contributed by atoms with van der Waals surface area (Å²) < 4.78 is 25.1. The zero-order valence-corrected chi connectivity index (χ0v) is 15.9. The molecular formula is C21H25NO3S. The predicted molar refractivity (Wildman–Crippen MR) is 103 cm³/mol. The number of likely N-dealkylation sites (tertiary alicyclic amines) is 1. The number of rotatable bonds is 5. The van der Waals surface area contributed by atoms with Gasteiger partial charge in [0, 0.05) is 18.2 Å². The van der Waals surface area contributed by atoms with Gasteiger partial charge in [0.25, 0.3) is 5.91 Å². The first-order chi connectivity index (χ1) is 12.5. The third kappa shape index (κ3) is 4.33. The van der Waals surface area contributed by atoms with Crippen LogP contribution >= 0.6 is 0 Å². The molecule has 0 spiro atoms. The minimum atomic E-state index is -3.32. The van der Waals surface area contributed by atoms with Gasteiger partial charge in [-0.15, -0.1) is 0 Å². The average Bonchev–Trinajstić information content (AvgIpc) is 2.67. The second kappa shape index (κ2) is 8.04. The number of piperidine rings is 1. The molecule has 3 rings (SSSR count). The molecule has 2 aromatic rings. The molecule has 0 saturated carbocycles. The van der Waals surface area contributed by atoms with Crippen LogP contribution in [0.1, 0.15) is 41.6 Å². The number of hydrogen-bond donors (Lipinski definition) is 0. The van der Waals surface area contributed by atoms with Gasteiger partial charge in [0.05, 0.1) is 10.6 Å². The van der Waals surface area contributed by atoms with Crippen molar-refractivity contribution in [3.8, 4) is 0 Å². The van der Waals surface area contributed by atoms with Crippen LogP contribution < -0.4 is 0 Å². The lowest BCUT2D eigenvalue weighted by molar-refractivity contribution is 0.0609. The van der Waals surface area contributed by atoms with Gasteiger partial charge in [0.2, 0.25) is 0 Å². The first-order valence-electron chi connectivity index (χ1n) is 9.13. The molecule has 1 fully saturated rings. The third-order valence-corrected chi connectivity index (χ3v) is 6.77. The normalized spacial score (nSPS) is 17.9. The van der Waals surface area contributed by atoms with Crippen LogP contribution in [0.2, 0.25) is 0 Å². The van der Waals surface area contributed by atoms with Gasteiger partial charge in [-0.2, -0.15) is 0 Å². The van der Waals surface area contributed by atoms with Crippen LogP contribution in [0.3, 0.4) is 0 Å². The average molecular weight is 372 g/mol. The molecule has 1 amide bonds. The largest absolute Gasteiger partial charge is 0.336 e. The van der Waals surface area contributed by atoms with Gasteiger partial charge in [-0.05, 0) is 56.9 Å². The number of nitrogens with zero attached hydrogens (tertiary/aromatic N) is 1. The van der Waals surface area contributed by atoms with Crippen LogP contribution in [0.4, 0.5) is 0 Å². The number of sulfone groups is 1. The maximum absolute atomic E-state index is 12.9. The summed E-state index contributed by atoms with van der Waals surface area (Å²) in [5.74, 6) is 0.0751. The van der Waals surface area contributed by atoms with Crippen molar-refractivity contribution < 1.29 is 13.2 Å². The fourth-order valence-electron chi connectivity index (χ4n) is 3.47. The van der Waals surface area contributed by atoms with E-state index in [0.717, 1.165) is 24.8 Å². The van der Waals surface area contributed by atoms with Gasteiger partial charge in [-0.3, -0.25) is 4.79 Å². The summed E-state index contributed by atoms with van der Waals surface area (Å²) >= 11 is 0. The van der Waals surface area contributed by atoms with Crippen molar-refractivity contribution in [2.75, 3.05) is 12.3 Å². The Kier molecular flexibility index (Phi) is 5.77. The summed E-state index contributed by atoms with van der Waals surface area (Å²) in [5, 5.41) is 0. The Morgan fingerprint density at radius 1 is 1.04 bits per heavy atom. The van der Waals surface area contributed by atoms with Crippen molar-refractivity contribution in [1.29, 1.82) is 0 Å². The van der Waals surface area contributed by atoms with Gasteiger partial charge < -0.3 is 4.90 Å². The van der Waals surface area contributed by atoms with Crippen molar-refractivity contribution in [3.05, 3.63) is 65.7 Å². The molecule has 5 heteroatoms. The monoisotopic (exact) mass is 371 g/mol. The second-order valence-electron chi connectivity index (χ2n) is 6.93. The second-order valence-corrected chi connectivity index (χ2v) is 9.04. The van der Waals surface area contributed by atoms with E-state index in [9.17, 15) is 13.2 Å². The Balaban J connectivity index is 1.71. The van der Waals surface area contributed by atoms with Crippen LogP contribution in [0.5, 0.6) is 0 Å². The van der Waals surface area contributed by atoms with Crippen molar-refractivity contribution >= 4 is 15.7 Å². The first kappa shape index (κ1) is 18.6. The zero-order chi connectivity index (χ0) is 18.6. The van der Waals surface area contributed by atoms with E-state index in [1.807, 2.05) is 42.2 Å². The lowest BCUT2D eigenvalue weighted by Crippen LogP contribution is -2.44. The fraction of sp³-hybridized carbons (Fsp3) is 0.381. The molecule has 1 heterocycles. The predicted octanol–water partition coefficient (Wildman–Crippen LogP) is 3.85. The van der Waals surface area contributed by atoms with E-state index in [1.165, 1.54) is 0 Å². The van der Waals surface area contributed by atoms with Gasteiger partial charge in [-0.25, -0.2) is 8.42 Å². The molecule has 0 aliphatic carbocycles. The zero-order valence-electron chi connectivity index (χ0n) is 15.1. The lowest BCUT2D eigenvalue weighted by Gasteiger charge is -2.36. The maximum atomic E-state index is 12.9. The number of carbonyl (C=O) groups is 1. The van der Waals surface area contributed by atoms with E-state index < -0.39 is 9.84 Å². The summed E-state index contributed by atoms with van der Waals surface area (Å²) in [4.78, 5) is 15.1.